The summed E-state index contributed by atoms with van der Waals surface area (Å²) in [5, 5.41) is 18.2. The maximum Gasteiger partial charge on any atom is 0.303 e. The maximum absolute atomic E-state index is 10.3. The molecule has 2 rings (SSSR count). The van der Waals surface area contributed by atoms with Gasteiger partial charge in [-0.2, -0.15) is 0 Å². The Hall–Kier alpha value is -1.09. The topological polar surface area (TPSA) is 57.5 Å². The van der Waals surface area contributed by atoms with Crippen molar-refractivity contribution in [3.63, 3.8) is 0 Å². The van der Waals surface area contributed by atoms with Crippen LogP contribution in [0.1, 0.15) is 72.6 Å². The second-order valence-electron chi connectivity index (χ2n) is 7.46. The molecule has 0 aromatic rings. The predicted octanol–water partition coefficient (Wildman–Crippen LogP) is 4.71. The molecule has 0 bridgehead atoms. The van der Waals surface area contributed by atoms with E-state index in [4.69, 9.17) is 5.11 Å². The molecule has 0 aromatic carbocycles. The number of carboxylic acids is 1. The van der Waals surface area contributed by atoms with Gasteiger partial charge in [-0.25, -0.2) is 0 Å². The quantitative estimate of drug-likeness (QED) is 0.742. The summed E-state index contributed by atoms with van der Waals surface area (Å²) < 4.78 is 0. The average Bonchev–Trinajstić information content (AvgIpc) is 2.41. The third-order valence-corrected chi connectivity index (χ3v) is 4.85. The van der Waals surface area contributed by atoms with Crippen LogP contribution in [0.4, 0.5) is 0 Å². The van der Waals surface area contributed by atoms with Crippen molar-refractivity contribution in [1.82, 2.24) is 0 Å². The number of allylic oxidation sites excluding steroid dienone is 4. The first-order chi connectivity index (χ1) is 10.2. The third-order valence-electron chi connectivity index (χ3n) is 4.85. The van der Waals surface area contributed by atoms with Crippen molar-refractivity contribution in [3.05, 3.63) is 23.3 Å². The van der Waals surface area contributed by atoms with Gasteiger partial charge in [0, 0.05) is 6.42 Å². The molecule has 2 atom stereocenters. The van der Waals surface area contributed by atoms with Crippen molar-refractivity contribution in [2.24, 2.45) is 11.8 Å². The Labute approximate surface area is 135 Å². The first-order valence-electron chi connectivity index (χ1n) is 8.44. The van der Waals surface area contributed by atoms with Gasteiger partial charge in [-0.15, -0.1) is 0 Å². The lowest BCUT2D eigenvalue weighted by Gasteiger charge is -2.31. The number of hydrogen-bond acceptors (Lipinski definition) is 2. The van der Waals surface area contributed by atoms with Crippen molar-refractivity contribution in [2.45, 2.75) is 78.2 Å². The first kappa shape index (κ1) is 19.0. The van der Waals surface area contributed by atoms with Crippen molar-refractivity contribution in [2.75, 3.05) is 0 Å². The molecular formula is C19H32O3. The Bertz CT molecular complexity index is 426. The second-order valence-corrected chi connectivity index (χ2v) is 7.46. The van der Waals surface area contributed by atoms with E-state index in [0.717, 1.165) is 38.5 Å². The minimum Gasteiger partial charge on any atom is -0.481 e. The predicted molar refractivity (Wildman–Crippen MR) is 90.7 cm³/mol. The van der Waals surface area contributed by atoms with Gasteiger partial charge in [0.2, 0.25) is 0 Å². The number of carbonyl (C=O) groups is 1. The van der Waals surface area contributed by atoms with Gasteiger partial charge in [0.1, 0.15) is 0 Å². The summed E-state index contributed by atoms with van der Waals surface area (Å²) >= 11 is 0. The number of rotatable bonds is 3. The van der Waals surface area contributed by atoms with Gasteiger partial charge >= 0.3 is 5.97 Å². The largest absolute Gasteiger partial charge is 0.481 e. The molecule has 0 radical (unpaired) electrons. The standard InChI is InChI=1S/C10H18O.C9H14O2/c1-8-4-6-9(7-5-8)10(2,3)11;1-7-2-4-8(5-3-7)6-9(10)11/h4,9,11H,5-7H2,1-3H3;2,8H,3-6H2,1H3,(H,10,11). The van der Waals surface area contributed by atoms with Gasteiger partial charge < -0.3 is 10.2 Å². The van der Waals surface area contributed by atoms with E-state index in [1.807, 2.05) is 13.8 Å². The zero-order valence-corrected chi connectivity index (χ0v) is 14.6. The van der Waals surface area contributed by atoms with Crippen LogP contribution in [0.2, 0.25) is 0 Å². The molecule has 0 saturated carbocycles. The molecule has 0 spiro atoms. The minimum absolute atomic E-state index is 0.337. The molecule has 2 N–H and O–H groups in total. The summed E-state index contributed by atoms with van der Waals surface area (Å²) in [6.07, 6.45) is 11.2. The maximum atomic E-state index is 10.3. The van der Waals surface area contributed by atoms with Gasteiger partial charge in [0.25, 0.3) is 0 Å². The number of aliphatic carboxylic acids is 1. The molecular weight excluding hydrogens is 276 g/mol. The summed E-state index contributed by atoms with van der Waals surface area (Å²) in [6.45, 7) is 8.09. The van der Waals surface area contributed by atoms with Gasteiger partial charge in [-0.1, -0.05) is 23.3 Å². The van der Waals surface area contributed by atoms with Crippen LogP contribution in [-0.2, 0) is 4.79 Å². The molecule has 0 saturated heterocycles. The summed E-state index contributed by atoms with van der Waals surface area (Å²) in [5.74, 6) is 0.186. The van der Waals surface area contributed by atoms with Crippen LogP contribution < -0.4 is 0 Å². The fraction of sp³-hybridized carbons (Fsp3) is 0.737. The fourth-order valence-corrected chi connectivity index (χ4v) is 3.06. The number of hydrogen-bond donors (Lipinski definition) is 2. The van der Waals surface area contributed by atoms with E-state index in [0.29, 0.717) is 18.3 Å². The molecule has 22 heavy (non-hydrogen) atoms. The summed E-state index contributed by atoms with van der Waals surface area (Å²) in [6, 6.07) is 0. The summed E-state index contributed by atoms with van der Waals surface area (Å²) in [4.78, 5) is 10.3. The van der Waals surface area contributed by atoms with Crippen LogP contribution in [-0.4, -0.2) is 21.8 Å². The molecule has 0 aromatic heterocycles. The number of aliphatic hydroxyl groups is 1. The van der Waals surface area contributed by atoms with Crippen LogP contribution >= 0.6 is 0 Å². The second kappa shape index (κ2) is 8.52. The highest BCUT2D eigenvalue weighted by Gasteiger charge is 2.27. The molecule has 2 unspecified atom stereocenters. The van der Waals surface area contributed by atoms with Crippen molar-refractivity contribution in [1.29, 1.82) is 0 Å². The smallest absolute Gasteiger partial charge is 0.303 e. The highest BCUT2D eigenvalue weighted by atomic mass is 16.4. The van der Waals surface area contributed by atoms with Gasteiger partial charge in [0.15, 0.2) is 0 Å². The Morgan fingerprint density at radius 2 is 1.68 bits per heavy atom. The van der Waals surface area contributed by atoms with Crippen LogP contribution in [0.3, 0.4) is 0 Å². The Balaban J connectivity index is 0.000000220. The molecule has 3 heteroatoms. The first-order valence-corrected chi connectivity index (χ1v) is 8.44. The lowest BCUT2D eigenvalue weighted by molar-refractivity contribution is -0.138. The Morgan fingerprint density at radius 1 is 1.14 bits per heavy atom. The van der Waals surface area contributed by atoms with Crippen molar-refractivity contribution in [3.8, 4) is 0 Å². The molecule has 2 aliphatic carbocycles. The monoisotopic (exact) mass is 308 g/mol. The van der Waals surface area contributed by atoms with Gasteiger partial charge in [-0.05, 0) is 78.1 Å². The van der Waals surface area contributed by atoms with Crippen LogP contribution in [0.15, 0.2) is 23.3 Å². The summed E-state index contributed by atoms with van der Waals surface area (Å²) in [5.41, 5.74) is 2.40. The van der Waals surface area contributed by atoms with E-state index in [1.54, 1.807) is 0 Å². The number of carboxylic acid groups (broad SMARTS) is 1. The lowest BCUT2D eigenvalue weighted by atomic mass is 9.80. The zero-order valence-electron chi connectivity index (χ0n) is 14.6. The van der Waals surface area contributed by atoms with Crippen LogP contribution in [0.5, 0.6) is 0 Å². The van der Waals surface area contributed by atoms with Crippen LogP contribution in [0, 0.1) is 11.8 Å². The fourth-order valence-electron chi connectivity index (χ4n) is 3.06. The Morgan fingerprint density at radius 3 is 2.05 bits per heavy atom. The normalized spacial score (nSPS) is 25.5. The zero-order chi connectivity index (χ0) is 16.8. The van der Waals surface area contributed by atoms with E-state index in [-0.39, 0.29) is 0 Å². The lowest BCUT2D eigenvalue weighted by Crippen LogP contribution is -2.31. The van der Waals surface area contributed by atoms with E-state index in [2.05, 4.69) is 26.0 Å². The van der Waals surface area contributed by atoms with Crippen molar-refractivity contribution >= 4 is 5.97 Å². The van der Waals surface area contributed by atoms with E-state index in [9.17, 15) is 9.90 Å². The van der Waals surface area contributed by atoms with Gasteiger partial charge in [-0.3, -0.25) is 4.79 Å². The molecule has 0 aliphatic heterocycles. The van der Waals surface area contributed by atoms with Gasteiger partial charge in [0.05, 0.1) is 5.60 Å². The molecule has 0 amide bonds. The van der Waals surface area contributed by atoms with E-state index in [1.165, 1.54) is 11.1 Å². The Kier molecular flexibility index (Phi) is 7.34. The highest BCUT2D eigenvalue weighted by Crippen LogP contribution is 2.31. The van der Waals surface area contributed by atoms with E-state index >= 15 is 0 Å². The van der Waals surface area contributed by atoms with Crippen molar-refractivity contribution < 1.29 is 15.0 Å². The SMILES string of the molecule is CC1=CCC(C(C)(C)O)CC1.CC1=CCC(CC(=O)O)CC1. The third kappa shape index (κ3) is 7.26. The van der Waals surface area contributed by atoms with Crippen LogP contribution in [0.25, 0.3) is 0 Å². The minimum atomic E-state index is -0.664. The van der Waals surface area contributed by atoms with E-state index < -0.39 is 11.6 Å². The highest BCUT2D eigenvalue weighted by molar-refractivity contribution is 5.67. The molecule has 2 aliphatic rings. The molecule has 0 fully saturated rings. The molecule has 0 heterocycles. The molecule has 3 nitrogen and oxygen atoms in total. The molecule has 126 valence electrons. The average molecular weight is 308 g/mol. The summed E-state index contributed by atoms with van der Waals surface area (Å²) in [7, 11) is 0.